The lowest BCUT2D eigenvalue weighted by Crippen LogP contribution is -2.20. The summed E-state index contributed by atoms with van der Waals surface area (Å²) in [5.41, 5.74) is 0.722. The van der Waals surface area contributed by atoms with Crippen LogP contribution >= 0.6 is 11.8 Å². The van der Waals surface area contributed by atoms with E-state index in [-0.39, 0.29) is 5.78 Å². The number of carbonyl (C=O) groups is 1. The Morgan fingerprint density at radius 2 is 1.94 bits per heavy atom. The van der Waals surface area contributed by atoms with Gasteiger partial charge >= 0.3 is 0 Å². The van der Waals surface area contributed by atoms with Crippen LogP contribution in [0.3, 0.4) is 0 Å². The van der Waals surface area contributed by atoms with Crippen LogP contribution < -0.4 is 5.32 Å². The molecule has 2 nitrogen and oxygen atoms in total. The number of rotatable bonds is 5. The van der Waals surface area contributed by atoms with E-state index in [0.717, 1.165) is 10.6 Å². The molecule has 1 aromatic rings. The lowest BCUT2D eigenvalue weighted by Gasteiger charge is -2.11. The van der Waals surface area contributed by atoms with Gasteiger partial charge in [-0.1, -0.05) is 30.3 Å². The molecule has 0 aliphatic carbocycles. The summed E-state index contributed by atoms with van der Waals surface area (Å²) in [5, 5.41) is 4.14. The predicted octanol–water partition coefficient (Wildman–Crippen LogP) is 3.07. The van der Waals surface area contributed by atoms with Gasteiger partial charge in [-0.25, -0.2) is 0 Å². The second-order valence-corrected chi connectivity index (χ2v) is 4.59. The first kappa shape index (κ1) is 12.8. The van der Waals surface area contributed by atoms with Gasteiger partial charge in [0.1, 0.15) is 0 Å². The molecule has 0 saturated carbocycles. The van der Waals surface area contributed by atoms with Crippen molar-refractivity contribution in [1.82, 2.24) is 5.32 Å². The maximum absolute atomic E-state index is 11.9. The number of hydrogen-bond donors (Lipinski definition) is 1. The molecule has 0 fully saturated rings. The van der Waals surface area contributed by atoms with E-state index in [9.17, 15) is 4.79 Å². The fraction of sp³-hybridized carbons (Fsp3) is 0.308. The molecule has 1 rings (SSSR count). The first-order chi connectivity index (χ1) is 7.63. The number of thioether (sulfide) groups is 1. The monoisotopic (exact) mass is 235 g/mol. The molecule has 0 aliphatic rings. The topological polar surface area (TPSA) is 29.1 Å². The van der Waals surface area contributed by atoms with Gasteiger partial charge in [-0.15, -0.1) is 11.8 Å². The van der Waals surface area contributed by atoms with Crippen LogP contribution in [0.15, 0.2) is 41.4 Å². The highest BCUT2D eigenvalue weighted by atomic mass is 32.2. The van der Waals surface area contributed by atoms with Crippen LogP contribution in [0.2, 0.25) is 0 Å². The molecule has 16 heavy (non-hydrogen) atoms. The summed E-state index contributed by atoms with van der Waals surface area (Å²) in [4.78, 5) is 11.9. The zero-order chi connectivity index (χ0) is 12.0. The second-order valence-electron chi connectivity index (χ2n) is 3.74. The van der Waals surface area contributed by atoms with Crippen LogP contribution in [-0.2, 0) is 0 Å². The van der Waals surface area contributed by atoms with E-state index in [2.05, 4.69) is 19.2 Å². The van der Waals surface area contributed by atoms with Crippen molar-refractivity contribution in [3.8, 4) is 0 Å². The number of nitrogens with one attached hydrogen (secondary N) is 1. The lowest BCUT2D eigenvalue weighted by atomic mass is 10.1. The lowest BCUT2D eigenvalue weighted by molar-refractivity contribution is 0.104. The van der Waals surface area contributed by atoms with Gasteiger partial charge in [-0.2, -0.15) is 0 Å². The van der Waals surface area contributed by atoms with E-state index in [4.69, 9.17) is 0 Å². The molecule has 0 unspecified atom stereocenters. The summed E-state index contributed by atoms with van der Waals surface area (Å²) < 4.78 is 0. The molecule has 3 heteroatoms. The van der Waals surface area contributed by atoms with Crippen molar-refractivity contribution in [2.24, 2.45) is 0 Å². The van der Waals surface area contributed by atoms with Gasteiger partial charge in [-0.05, 0) is 20.1 Å². The summed E-state index contributed by atoms with van der Waals surface area (Å²) in [6.45, 7) is 4.11. The second kappa shape index (κ2) is 6.38. The van der Waals surface area contributed by atoms with E-state index >= 15 is 0 Å². The molecule has 0 radical (unpaired) electrons. The predicted molar refractivity (Wildman–Crippen MR) is 70.6 cm³/mol. The maximum Gasteiger partial charge on any atom is 0.188 e. The Bertz CT molecular complexity index is 371. The number of benzene rings is 1. The Kier molecular flexibility index (Phi) is 5.12. The van der Waals surface area contributed by atoms with Crippen LogP contribution in [0, 0.1) is 0 Å². The van der Waals surface area contributed by atoms with Crippen molar-refractivity contribution in [2.45, 2.75) is 19.9 Å². The van der Waals surface area contributed by atoms with Crippen LogP contribution in [0.25, 0.3) is 0 Å². The molecule has 0 amide bonds. The minimum Gasteiger partial charge on any atom is -0.378 e. The summed E-state index contributed by atoms with van der Waals surface area (Å²) in [6.07, 6.45) is 3.61. The van der Waals surface area contributed by atoms with E-state index in [0.29, 0.717) is 6.04 Å². The Morgan fingerprint density at radius 1 is 1.31 bits per heavy atom. The smallest absolute Gasteiger partial charge is 0.188 e. The number of ketones is 1. The summed E-state index contributed by atoms with van der Waals surface area (Å²) in [5.74, 6) is 0.0399. The van der Waals surface area contributed by atoms with Crippen LogP contribution in [-0.4, -0.2) is 18.1 Å². The molecule has 1 N–H and O–H groups in total. The van der Waals surface area contributed by atoms with Gasteiger partial charge < -0.3 is 5.32 Å². The van der Waals surface area contributed by atoms with Crippen LogP contribution in [0.5, 0.6) is 0 Å². The van der Waals surface area contributed by atoms with Gasteiger partial charge in [0.2, 0.25) is 0 Å². The van der Waals surface area contributed by atoms with E-state index in [1.165, 1.54) is 0 Å². The van der Waals surface area contributed by atoms with Crippen molar-refractivity contribution in [3.05, 3.63) is 47.0 Å². The molecule has 0 spiro atoms. The molecule has 86 valence electrons. The average Bonchev–Trinajstić information content (AvgIpc) is 2.28. The molecule has 0 heterocycles. The van der Waals surface area contributed by atoms with E-state index in [1.807, 2.05) is 36.6 Å². The fourth-order valence-electron chi connectivity index (χ4n) is 1.25. The maximum atomic E-state index is 11.9. The van der Waals surface area contributed by atoms with Crippen molar-refractivity contribution in [3.63, 3.8) is 0 Å². The third-order valence-corrected chi connectivity index (χ3v) is 2.65. The first-order valence-corrected chi connectivity index (χ1v) is 6.47. The molecule has 0 aromatic heterocycles. The quantitative estimate of drug-likeness (QED) is 0.628. The summed E-state index contributed by atoms with van der Waals surface area (Å²) in [7, 11) is 0. The first-order valence-electron chi connectivity index (χ1n) is 5.25. The number of carbonyl (C=O) groups excluding carboxylic acids is 1. The number of hydrogen-bond acceptors (Lipinski definition) is 3. The van der Waals surface area contributed by atoms with Crippen LogP contribution in [0.4, 0.5) is 0 Å². The van der Waals surface area contributed by atoms with Gasteiger partial charge in [0.05, 0.1) is 5.03 Å². The SMILES string of the molecule is CSC(=CC(=O)c1ccccc1)NC(C)C. The molecule has 0 atom stereocenters. The Labute approximate surface area is 101 Å². The van der Waals surface area contributed by atoms with E-state index < -0.39 is 0 Å². The largest absolute Gasteiger partial charge is 0.378 e. The van der Waals surface area contributed by atoms with Crippen molar-refractivity contribution in [2.75, 3.05) is 6.26 Å². The minimum absolute atomic E-state index is 0.0399. The van der Waals surface area contributed by atoms with Crippen molar-refractivity contribution < 1.29 is 4.79 Å². The summed E-state index contributed by atoms with van der Waals surface area (Å²) in [6, 6.07) is 9.63. The third kappa shape index (κ3) is 4.11. The zero-order valence-corrected chi connectivity index (χ0v) is 10.7. The average molecular weight is 235 g/mol. The molecule has 0 bridgehead atoms. The molecular formula is C13H17NOS. The molecule has 0 saturated heterocycles. The molecule has 0 aliphatic heterocycles. The van der Waals surface area contributed by atoms with Crippen molar-refractivity contribution in [1.29, 1.82) is 0 Å². The van der Waals surface area contributed by atoms with E-state index in [1.54, 1.807) is 17.8 Å². The molecule has 1 aromatic carbocycles. The molecular weight excluding hydrogens is 218 g/mol. The highest BCUT2D eigenvalue weighted by Crippen LogP contribution is 2.11. The minimum atomic E-state index is 0.0399. The highest BCUT2D eigenvalue weighted by molar-refractivity contribution is 8.02. The van der Waals surface area contributed by atoms with Crippen molar-refractivity contribution >= 4 is 17.5 Å². The Morgan fingerprint density at radius 3 is 2.44 bits per heavy atom. The standard InChI is InChI=1S/C13H17NOS/c1-10(2)14-13(16-3)9-12(15)11-7-5-4-6-8-11/h4-10,14H,1-3H3. The number of allylic oxidation sites excluding steroid dienone is 1. The van der Waals surface area contributed by atoms with Gasteiger partial charge in [0.15, 0.2) is 5.78 Å². The third-order valence-electron chi connectivity index (χ3n) is 1.97. The Balaban J connectivity index is 2.78. The van der Waals surface area contributed by atoms with Crippen LogP contribution in [0.1, 0.15) is 24.2 Å². The Hall–Kier alpha value is -1.22. The normalized spacial score (nSPS) is 11.6. The fourth-order valence-corrected chi connectivity index (χ4v) is 1.83. The van der Waals surface area contributed by atoms with Gasteiger partial charge in [0, 0.05) is 17.7 Å². The zero-order valence-electron chi connectivity index (χ0n) is 9.86. The summed E-state index contributed by atoms with van der Waals surface area (Å²) >= 11 is 1.55. The van der Waals surface area contributed by atoms with Gasteiger partial charge in [-0.3, -0.25) is 4.79 Å². The van der Waals surface area contributed by atoms with Gasteiger partial charge in [0.25, 0.3) is 0 Å². The highest BCUT2D eigenvalue weighted by Gasteiger charge is 2.04.